The Hall–Kier alpha value is -6.15. The fourth-order valence-electron chi connectivity index (χ4n) is 8.50. The molecule has 10 rings (SSSR count). The van der Waals surface area contributed by atoms with Gasteiger partial charge in [-0.1, -0.05) is 159 Å². The van der Waals surface area contributed by atoms with Crippen LogP contribution in [0.4, 0.5) is 0 Å². The Bertz CT molecular complexity index is 2890. The SMILES string of the molecule is CC1(C)c2ccccc2-c2nc3ccc4ccccc4c3c(-c3ccc(-c4ccc5cc(P(=O)(c6ccccc6)c6ccccc6)ccc5n4)cc3)c21. The first kappa shape index (κ1) is 31.6. The molecule has 0 saturated carbocycles. The van der Waals surface area contributed by atoms with Gasteiger partial charge in [-0.2, -0.15) is 0 Å². The van der Waals surface area contributed by atoms with E-state index in [1.54, 1.807) is 0 Å². The number of hydrogen-bond acceptors (Lipinski definition) is 3. The molecule has 0 N–H and O–H groups in total. The van der Waals surface area contributed by atoms with Gasteiger partial charge in [0.15, 0.2) is 7.14 Å². The summed E-state index contributed by atoms with van der Waals surface area (Å²) in [5.41, 5.74) is 10.9. The molecule has 4 heteroatoms. The molecule has 0 radical (unpaired) electrons. The van der Waals surface area contributed by atoms with Crippen molar-refractivity contribution in [2.75, 3.05) is 0 Å². The highest BCUT2D eigenvalue weighted by molar-refractivity contribution is 7.85. The standard InChI is InChI=1S/C49H35N2OP/c1-49(2)41-20-12-11-19-40(41)48-47(49)45(46-39-18-10-9-13-32(39)25-29-44(46)51-48)34-23-21-33(22-24-34)42-28-26-35-31-38(27-30-43(35)50-42)53(52,36-14-5-3-6-15-36)37-16-7-4-8-17-37/h3-31H,1-2H3. The Balaban J connectivity index is 1.09. The summed E-state index contributed by atoms with van der Waals surface area (Å²) in [6.07, 6.45) is 0. The Morgan fingerprint density at radius 1 is 0.509 bits per heavy atom. The van der Waals surface area contributed by atoms with Crippen LogP contribution in [0.2, 0.25) is 0 Å². The molecule has 0 bridgehead atoms. The molecule has 53 heavy (non-hydrogen) atoms. The summed E-state index contributed by atoms with van der Waals surface area (Å²) in [4.78, 5) is 10.5. The van der Waals surface area contributed by atoms with E-state index >= 15 is 4.57 Å². The quantitative estimate of drug-likeness (QED) is 0.133. The van der Waals surface area contributed by atoms with E-state index in [2.05, 4.69) is 117 Å². The third-order valence-electron chi connectivity index (χ3n) is 11.1. The molecule has 1 aliphatic carbocycles. The number of fused-ring (bicyclic) bond motifs is 7. The van der Waals surface area contributed by atoms with Crippen LogP contribution < -0.4 is 15.9 Å². The summed E-state index contributed by atoms with van der Waals surface area (Å²) in [7, 11) is -3.09. The van der Waals surface area contributed by atoms with E-state index in [4.69, 9.17) is 9.97 Å². The molecule has 2 aromatic heterocycles. The van der Waals surface area contributed by atoms with Gasteiger partial charge in [0.05, 0.1) is 22.4 Å². The maximum absolute atomic E-state index is 15.0. The van der Waals surface area contributed by atoms with Gasteiger partial charge in [-0.25, -0.2) is 9.97 Å². The molecule has 0 fully saturated rings. The zero-order valence-electron chi connectivity index (χ0n) is 29.5. The zero-order chi connectivity index (χ0) is 35.7. The molecule has 0 aliphatic heterocycles. The van der Waals surface area contributed by atoms with Gasteiger partial charge in [0.2, 0.25) is 0 Å². The fraction of sp³-hybridized carbons (Fsp3) is 0.0612. The van der Waals surface area contributed by atoms with Crippen LogP contribution >= 0.6 is 7.14 Å². The van der Waals surface area contributed by atoms with Gasteiger partial charge in [0.1, 0.15) is 0 Å². The number of aromatic nitrogens is 2. The topological polar surface area (TPSA) is 42.9 Å². The third-order valence-corrected chi connectivity index (χ3v) is 14.2. The van der Waals surface area contributed by atoms with Crippen LogP contribution in [0.5, 0.6) is 0 Å². The summed E-state index contributed by atoms with van der Waals surface area (Å²) in [6, 6.07) is 60.4. The lowest BCUT2D eigenvalue weighted by molar-refractivity contribution is 0.592. The molecule has 1 aliphatic rings. The van der Waals surface area contributed by atoms with Crippen molar-refractivity contribution in [2.45, 2.75) is 19.3 Å². The molecule has 0 atom stereocenters. The predicted octanol–water partition coefficient (Wildman–Crippen LogP) is 11.2. The molecule has 0 amide bonds. The first-order chi connectivity index (χ1) is 25.9. The van der Waals surface area contributed by atoms with Gasteiger partial charge in [-0.15, -0.1) is 0 Å². The van der Waals surface area contributed by atoms with Crippen molar-refractivity contribution in [1.82, 2.24) is 9.97 Å². The highest BCUT2D eigenvalue weighted by Gasteiger charge is 2.40. The lowest BCUT2D eigenvalue weighted by Gasteiger charge is -2.25. The van der Waals surface area contributed by atoms with Crippen molar-refractivity contribution in [1.29, 1.82) is 0 Å². The summed E-state index contributed by atoms with van der Waals surface area (Å²) in [6.45, 7) is 4.66. The first-order valence-corrected chi connectivity index (χ1v) is 19.8. The number of nitrogens with zero attached hydrogens (tertiary/aromatic N) is 2. The van der Waals surface area contributed by atoms with Crippen LogP contribution in [0.1, 0.15) is 25.0 Å². The van der Waals surface area contributed by atoms with Crippen LogP contribution in [0, 0.1) is 0 Å². The van der Waals surface area contributed by atoms with Gasteiger partial charge in [0, 0.05) is 43.2 Å². The second-order valence-corrected chi connectivity index (χ2v) is 17.3. The average molecular weight is 699 g/mol. The molecule has 0 unspecified atom stereocenters. The minimum atomic E-state index is -3.09. The molecule has 2 heterocycles. The molecule has 9 aromatic rings. The summed E-state index contributed by atoms with van der Waals surface area (Å²) in [5.74, 6) is 0. The molecule has 0 saturated heterocycles. The summed E-state index contributed by atoms with van der Waals surface area (Å²) < 4.78 is 15.0. The van der Waals surface area contributed by atoms with Gasteiger partial charge in [-0.3, -0.25) is 0 Å². The molecule has 252 valence electrons. The van der Waals surface area contributed by atoms with E-state index in [9.17, 15) is 0 Å². The molecular formula is C49H35N2OP. The van der Waals surface area contributed by atoms with Gasteiger partial charge >= 0.3 is 0 Å². The van der Waals surface area contributed by atoms with Crippen molar-refractivity contribution < 1.29 is 4.57 Å². The van der Waals surface area contributed by atoms with E-state index in [0.717, 1.165) is 54.8 Å². The van der Waals surface area contributed by atoms with E-state index in [0.29, 0.717) is 0 Å². The van der Waals surface area contributed by atoms with Crippen LogP contribution in [0.3, 0.4) is 0 Å². The minimum absolute atomic E-state index is 0.220. The van der Waals surface area contributed by atoms with Gasteiger partial charge < -0.3 is 4.57 Å². The largest absolute Gasteiger partial charge is 0.309 e. The number of benzene rings is 7. The molecule has 3 nitrogen and oxygen atoms in total. The predicted molar refractivity (Wildman–Crippen MR) is 222 cm³/mol. The minimum Gasteiger partial charge on any atom is -0.309 e. The zero-order valence-corrected chi connectivity index (χ0v) is 30.4. The van der Waals surface area contributed by atoms with E-state index < -0.39 is 7.14 Å². The normalized spacial score (nSPS) is 13.3. The maximum atomic E-state index is 15.0. The van der Waals surface area contributed by atoms with Gasteiger partial charge in [0.25, 0.3) is 0 Å². The fourth-order valence-corrected chi connectivity index (χ4v) is 11.2. The van der Waals surface area contributed by atoms with Crippen molar-refractivity contribution in [3.05, 3.63) is 187 Å². The summed E-state index contributed by atoms with van der Waals surface area (Å²) in [5, 5.41) is 7.02. The van der Waals surface area contributed by atoms with Crippen LogP contribution in [-0.2, 0) is 9.98 Å². The number of pyridine rings is 2. The molecule has 7 aromatic carbocycles. The Morgan fingerprint density at radius 3 is 1.89 bits per heavy atom. The Labute approximate surface area is 309 Å². The van der Waals surface area contributed by atoms with Crippen molar-refractivity contribution in [3.63, 3.8) is 0 Å². The highest BCUT2D eigenvalue weighted by Crippen LogP contribution is 2.54. The lowest BCUT2D eigenvalue weighted by Crippen LogP contribution is -2.24. The summed E-state index contributed by atoms with van der Waals surface area (Å²) >= 11 is 0. The van der Waals surface area contributed by atoms with Gasteiger partial charge in [-0.05, 0) is 63.4 Å². The van der Waals surface area contributed by atoms with Crippen molar-refractivity contribution in [2.24, 2.45) is 0 Å². The lowest BCUT2D eigenvalue weighted by atomic mass is 9.78. The first-order valence-electron chi connectivity index (χ1n) is 18.1. The van der Waals surface area contributed by atoms with E-state index in [1.807, 2.05) is 72.8 Å². The third kappa shape index (κ3) is 4.85. The maximum Gasteiger partial charge on any atom is 0.171 e. The van der Waals surface area contributed by atoms with E-state index in [1.165, 1.54) is 38.4 Å². The van der Waals surface area contributed by atoms with Crippen LogP contribution in [-0.4, -0.2) is 9.97 Å². The molecule has 0 spiro atoms. The Kier molecular flexibility index (Phi) is 7.12. The van der Waals surface area contributed by atoms with Crippen LogP contribution in [0.15, 0.2) is 176 Å². The van der Waals surface area contributed by atoms with Crippen LogP contribution in [0.25, 0.3) is 66.2 Å². The highest BCUT2D eigenvalue weighted by atomic mass is 31.2. The molecular weight excluding hydrogens is 664 g/mol. The van der Waals surface area contributed by atoms with Crippen molar-refractivity contribution in [3.8, 4) is 33.6 Å². The smallest absolute Gasteiger partial charge is 0.171 e. The average Bonchev–Trinajstić information content (AvgIpc) is 3.45. The Morgan fingerprint density at radius 2 is 1.13 bits per heavy atom. The van der Waals surface area contributed by atoms with E-state index in [-0.39, 0.29) is 5.41 Å². The second kappa shape index (κ2) is 12.0. The second-order valence-electron chi connectivity index (χ2n) is 14.5. The number of rotatable bonds is 5. The number of hydrogen-bond donors (Lipinski definition) is 0. The van der Waals surface area contributed by atoms with Crippen molar-refractivity contribution >= 4 is 55.6 Å². The monoisotopic (exact) mass is 698 g/mol.